The Hall–Kier alpha value is -1.76. The van der Waals surface area contributed by atoms with Crippen molar-refractivity contribution in [2.45, 2.75) is 12.6 Å². The van der Waals surface area contributed by atoms with Crippen molar-refractivity contribution < 1.29 is 23.1 Å². The molecule has 0 fully saturated rings. The number of hydrogen-bond donors (Lipinski definition) is 3. The maximum absolute atomic E-state index is 12.5. The molecule has 0 bridgehead atoms. The zero-order valence-electron chi connectivity index (χ0n) is 8.71. The molecular formula is C10H11F3N2O2. The van der Waals surface area contributed by atoms with Gasteiger partial charge in [-0.15, -0.1) is 0 Å². The molecule has 0 unspecified atom stereocenters. The van der Waals surface area contributed by atoms with E-state index in [2.05, 4.69) is 0 Å². The Balaban J connectivity index is 3.14. The minimum atomic E-state index is -4.51. The number of carbonyl (C=O) groups is 1. The Morgan fingerprint density at radius 1 is 1.35 bits per heavy atom. The van der Waals surface area contributed by atoms with Crippen LogP contribution in [0.5, 0.6) is 0 Å². The summed E-state index contributed by atoms with van der Waals surface area (Å²) in [5, 5.41) is 10.4. The fraction of sp³-hybridized carbons (Fsp3) is 0.300. The van der Waals surface area contributed by atoms with E-state index in [9.17, 15) is 18.0 Å². The van der Waals surface area contributed by atoms with Gasteiger partial charge in [-0.25, -0.2) is 4.79 Å². The summed E-state index contributed by atoms with van der Waals surface area (Å²) < 4.78 is 37.6. The minimum Gasteiger partial charge on any atom is -0.465 e. The normalized spacial score (nSPS) is 11.3. The fourth-order valence-electron chi connectivity index (χ4n) is 1.36. The van der Waals surface area contributed by atoms with Gasteiger partial charge in [0.15, 0.2) is 0 Å². The summed E-state index contributed by atoms with van der Waals surface area (Å²) >= 11 is 0. The molecule has 0 aliphatic carbocycles. The number of carboxylic acid groups (broad SMARTS) is 1. The standard InChI is InChI=1S/C10H11F3N2O2/c11-10(12,13)7-3-6(1-2-14)4-8(5-7)15-9(16)17/h3-5,15H,1-2,14H2,(H,16,17). The molecule has 4 N–H and O–H groups in total. The van der Waals surface area contributed by atoms with E-state index >= 15 is 0 Å². The van der Waals surface area contributed by atoms with Crippen molar-refractivity contribution in [3.05, 3.63) is 29.3 Å². The second-order valence-corrected chi connectivity index (χ2v) is 3.39. The van der Waals surface area contributed by atoms with Crippen LogP contribution in [0.25, 0.3) is 0 Å². The third kappa shape index (κ3) is 3.95. The van der Waals surface area contributed by atoms with E-state index in [0.29, 0.717) is 5.56 Å². The van der Waals surface area contributed by atoms with Crippen molar-refractivity contribution >= 4 is 11.8 Å². The van der Waals surface area contributed by atoms with Gasteiger partial charge in [0.2, 0.25) is 0 Å². The quantitative estimate of drug-likeness (QED) is 0.768. The third-order valence-electron chi connectivity index (χ3n) is 2.00. The van der Waals surface area contributed by atoms with Crippen LogP contribution >= 0.6 is 0 Å². The molecule has 0 aromatic heterocycles. The zero-order chi connectivity index (χ0) is 13.1. The van der Waals surface area contributed by atoms with Crippen LogP contribution < -0.4 is 11.1 Å². The maximum Gasteiger partial charge on any atom is 0.416 e. The molecule has 0 atom stereocenters. The van der Waals surface area contributed by atoms with E-state index in [0.717, 1.165) is 12.1 Å². The van der Waals surface area contributed by atoms with E-state index in [1.54, 1.807) is 0 Å². The van der Waals surface area contributed by atoms with Crippen LogP contribution in [0.4, 0.5) is 23.7 Å². The molecule has 0 saturated carbocycles. The first-order valence-corrected chi connectivity index (χ1v) is 4.74. The molecular weight excluding hydrogens is 237 g/mol. The van der Waals surface area contributed by atoms with Gasteiger partial charge in [0.05, 0.1) is 5.56 Å². The average molecular weight is 248 g/mol. The number of rotatable bonds is 3. The topological polar surface area (TPSA) is 75.3 Å². The first-order chi connectivity index (χ1) is 7.82. The molecule has 4 nitrogen and oxygen atoms in total. The lowest BCUT2D eigenvalue weighted by Gasteiger charge is -2.11. The third-order valence-corrected chi connectivity index (χ3v) is 2.00. The molecule has 1 aromatic carbocycles. The molecule has 17 heavy (non-hydrogen) atoms. The number of alkyl halides is 3. The van der Waals surface area contributed by atoms with Crippen LogP contribution in [0.15, 0.2) is 18.2 Å². The van der Waals surface area contributed by atoms with E-state index in [4.69, 9.17) is 10.8 Å². The van der Waals surface area contributed by atoms with Crippen LogP contribution in [0.3, 0.4) is 0 Å². The van der Waals surface area contributed by atoms with Gasteiger partial charge < -0.3 is 10.8 Å². The van der Waals surface area contributed by atoms with Crippen LogP contribution in [-0.4, -0.2) is 17.7 Å². The van der Waals surface area contributed by atoms with E-state index in [1.807, 2.05) is 5.32 Å². The highest BCUT2D eigenvalue weighted by atomic mass is 19.4. The van der Waals surface area contributed by atoms with Gasteiger partial charge in [-0.05, 0) is 36.7 Å². The fourth-order valence-corrected chi connectivity index (χ4v) is 1.36. The average Bonchev–Trinajstić information content (AvgIpc) is 2.15. The molecule has 1 aromatic rings. The molecule has 0 spiro atoms. The Labute approximate surface area is 95.2 Å². The predicted octanol–water partition coefficient (Wildman–Crippen LogP) is 2.30. The lowest BCUT2D eigenvalue weighted by molar-refractivity contribution is -0.137. The largest absolute Gasteiger partial charge is 0.465 e. The van der Waals surface area contributed by atoms with Crippen molar-refractivity contribution in [2.75, 3.05) is 11.9 Å². The number of amides is 1. The summed E-state index contributed by atoms with van der Waals surface area (Å²) in [7, 11) is 0. The molecule has 0 radical (unpaired) electrons. The van der Waals surface area contributed by atoms with Crippen molar-refractivity contribution in [3.63, 3.8) is 0 Å². The van der Waals surface area contributed by atoms with E-state index in [-0.39, 0.29) is 18.7 Å². The Bertz CT molecular complexity index is 419. The van der Waals surface area contributed by atoms with Crippen LogP contribution in [0, 0.1) is 0 Å². The smallest absolute Gasteiger partial charge is 0.416 e. The molecule has 94 valence electrons. The van der Waals surface area contributed by atoms with Crippen LogP contribution in [0.1, 0.15) is 11.1 Å². The minimum absolute atomic E-state index is 0.115. The predicted molar refractivity (Wildman–Crippen MR) is 55.8 cm³/mol. The second kappa shape index (κ2) is 5.05. The first kappa shape index (κ1) is 13.3. The van der Waals surface area contributed by atoms with Crippen molar-refractivity contribution in [1.82, 2.24) is 0 Å². The molecule has 0 heterocycles. The van der Waals surface area contributed by atoms with Crippen LogP contribution in [-0.2, 0) is 12.6 Å². The van der Waals surface area contributed by atoms with Crippen LogP contribution in [0.2, 0.25) is 0 Å². The lowest BCUT2D eigenvalue weighted by atomic mass is 10.1. The van der Waals surface area contributed by atoms with E-state index < -0.39 is 17.8 Å². The number of hydrogen-bond acceptors (Lipinski definition) is 2. The second-order valence-electron chi connectivity index (χ2n) is 3.39. The highest BCUT2D eigenvalue weighted by Crippen LogP contribution is 2.32. The summed E-state index contributed by atoms with van der Waals surface area (Å²) in [6, 6.07) is 3.03. The highest BCUT2D eigenvalue weighted by Gasteiger charge is 2.31. The number of anilines is 1. The SMILES string of the molecule is NCCc1cc(NC(=O)O)cc(C(F)(F)F)c1. The summed E-state index contributed by atoms with van der Waals surface area (Å²) in [4.78, 5) is 10.4. The van der Waals surface area contributed by atoms with Gasteiger partial charge >= 0.3 is 12.3 Å². The van der Waals surface area contributed by atoms with Crippen molar-refractivity contribution in [2.24, 2.45) is 5.73 Å². The Morgan fingerprint density at radius 3 is 2.47 bits per heavy atom. The van der Waals surface area contributed by atoms with Gasteiger partial charge in [0.25, 0.3) is 0 Å². The summed E-state index contributed by atoms with van der Waals surface area (Å²) in [6.07, 6.45) is -5.68. The van der Waals surface area contributed by atoms with Crippen molar-refractivity contribution in [3.8, 4) is 0 Å². The lowest BCUT2D eigenvalue weighted by Crippen LogP contribution is -2.12. The zero-order valence-corrected chi connectivity index (χ0v) is 8.71. The molecule has 7 heteroatoms. The van der Waals surface area contributed by atoms with Gasteiger partial charge in [-0.3, -0.25) is 5.32 Å². The number of halogens is 3. The van der Waals surface area contributed by atoms with Crippen molar-refractivity contribution in [1.29, 1.82) is 0 Å². The van der Waals surface area contributed by atoms with Gasteiger partial charge in [-0.2, -0.15) is 13.2 Å². The van der Waals surface area contributed by atoms with E-state index in [1.165, 1.54) is 6.07 Å². The van der Waals surface area contributed by atoms with Gasteiger partial charge in [0.1, 0.15) is 0 Å². The number of nitrogens with one attached hydrogen (secondary N) is 1. The molecule has 1 amide bonds. The number of benzene rings is 1. The molecule has 1 rings (SSSR count). The molecule has 0 aliphatic rings. The van der Waals surface area contributed by atoms with Gasteiger partial charge in [-0.1, -0.05) is 0 Å². The first-order valence-electron chi connectivity index (χ1n) is 4.74. The molecule has 0 aliphatic heterocycles. The maximum atomic E-state index is 12.5. The highest BCUT2D eigenvalue weighted by molar-refractivity contribution is 5.83. The Kier molecular flexibility index (Phi) is 3.95. The summed E-state index contributed by atoms with van der Waals surface area (Å²) in [6.45, 7) is 0.188. The molecule has 0 saturated heterocycles. The summed E-state index contributed by atoms with van der Waals surface area (Å²) in [5.74, 6) is 0. The van der Waals surface area contributed by atoms with Gasteiger partial charge in [0, 0.05) is 5.69 Å². The number of nitrogens with two attached hydrogens (primary N) is 1. The Morgan fingerprint density at radius 2 is 2.00 bits per heavy atom. The monoisotopic (exact) mass is 248 g/mol. The summed E-state index contributed by atoms with van der Waals surface area (Å²) in [5.41, 5.74) is 4.58.